The van der Waals surface area contributed by atoms with E-state index in [1.165, 1.54) is 6.33 Å². The minimum Gasteiger partial charge on any atom is -0.492 e. The van der Waals surface area contributed by atoms with Crippen LogP contribution in [0.15, 0.2) is 12.5 Å². The third-order valence-electron chi connectivity index (χ3n) is 4.18. The molecule has 0 saturated carbocycles. The van der Waals surface area contributed by atoms with E-state index >= 15 is 0 Å². The van der Waals surface area contributed by atoms with Gasteiger partial charge in [0.1, 0.15) is 11.8 Å². The van der Waals surface area contributed by atoms with E-state index in [2.05, 4.69) is 26.5 Å². The van der Waals surface area contributed by atoms with Gasteiger partial charge in [0.2, 0.25) is 5.88 Å². The van der Waals surface area contributed by atoms with Crippen LogP contribution in [0.3, 0.4) is 0 Å². The number of rotatable bonds is 7. The molecule has 0 amide bonds. The molecule has 7 nitrogen and oxygen atoms in total. The zero-order valence-electron chi connectivity index (χ0n) is 14.2. The van der Waals surface area contributed by atoms with Gasteiger partial charge in [0.25, 0.3) is 0 Å². The monoisotopic (exact) mass is 352 g/mol. The molecule has 1 aliphatic heterocycles. The second kappa shape index (κ2) is 7.26. The third kappa shape index (κ3) is 3.83. The van der Waals surface area contributed by atoms with Crippen LogP contribution >= 0.6 is 11.8 Å². The van der Waals surface area contributed by atoms with Crippen molar-refractivity contribution in [2.45, 2.75) is 32.3 Å². The molecule has 2 aromatic heterocycles. The number of aromatic amines is 1. The maximum atomic E-state index is 9.72. The predicted octanol–water partition coefficient (Wildman–Crippen LogP) is 1.88. The Morgan fingerprint density at radius 1 is 1.50 bits per heavy atom. The number of hydrogen-bond donors (Lipinski definition) is 3. The van der Waals surface area contributed by atoms with Crippen LogP contribution in [0.5, 0.6) is 5.88 Å². The Bertz CT molecular complexity index is 691. The standard InChI is InChI=1S/C16H24N4O3S/c1-16(2)22-7-12(23-16)11(8-24-3)5-17-4-10-6-18-14-13(10)19-9-20-15(14)21/h6,9,11-12,17-18H,4-5,7-8H2,1-3H3,(H,19,20,21)/t11-,12+/m0/s1. The first kappa shape index (κ1) is 17.5. The Morgan fingerprint density at radius 3 is 3.04 bits per heavy atom. The number of nitrogens with zero attached hydrogens (tertiary/aromatic N) is 2. The van der Waals surface area contributed by atoms with Gasteiger partial charge in [-0.2, -0.15) is 11.8 Å². The van der Waals surface area contributed by atoms with Crippen molar-refractivity contribution in [2.75, 3.05) is 25.2 Å². The number of thioether (sulfide) groups is 1. The molecule has 3 N–H and O–H groups in total. The fraction of sp³-hybridized carbons (Fsp3) is 0.625. The first-order valence-corrected chi connectivity index (χ1v) is 9.41. The highest BCUT2D eigenvalue weighted by Crippen LogP contribution is 2.28. The number of aromatic hydroxyl groups is 1. The average Bonchev–Trinajstić information content (AvgIpc) is 3.11. The lowest BCUT2D eigenvalue weighted by molar-refractivity contribution is -0.143. The normalized spacial score (nSPS) is 21.4. The molecule has 0 radical (unpaired) electrons. The summed E-state index contributed by atoms with van der Waals surface area (Å²) in [5, 5.41) is 13.2. The van der Waals surface area contributed by atoms with Crippen LogP contribution in [-0.4, -0.2) is 57.1 Å². The number of hydrogen-bond acceptors (Lipinski definition) is 7. The molecule has 2 aromatic rings. The molecule has 1 fully saturated rings. The van der Waals surface area contributed by atoms with E-state index in [-0.39, 0.29) is 12.0 Å². The summed E-state index contributed by atoms with van der Waals surface area (Å²) >= 11 is 1.81. The van der Waals surface area contributed by atoms with Gasteiger partial charge in [0.05, 0.1) is 18.2 Å². The van der Waals surface area contributed by atoms with Gasteiger partial charge in [0, 0.05) is 30.8 Å². The molecule has 1 saturated heterocycles. The van der Waals surface area contributed by atoms with E-state index in [1.54, 1.807) is 0 Å². The molecular weight excluding hydrogens is 328 g/mol. The van der Waals surface area contributed by atoms with Crippen LogP contribution in [-0.2, 0) is 16.0 Å². The Kier molecular flexibility index (Phi) is 5.29. The smallest absolute Gasteiger partial charge is 0.239 e. The van der Waals surface area contributed by atoms with Gasteiger partial charge in [-0.1, -0.05) is 0 Å². The number of H-pyrrole nitrogens is 1. The summed E-state index contributed by atoms with van der Waals surface area (Å²) in [6, 6.07) is 0. The second-order valence-electron chi connectivity index (χ2n) is 6.45. The molecule has 0 aliphatic carbocycles. The quantitative estimate of drug-likeness (QED) is 0.701. The van der Waals surface area contributed by atoms with Gasteiger partial charge in [-0.25, -0.2) is 9.97 Å². The van der Waals surface area contributed by atoms with Crippen molar-refractivity contribution in [1.82, 2.24) is 20.3 Å². The molecule has 0 spiro atoms. The highest BCUT2D eigenvalue weighted by Gasteiger charge is 2.36. The fourth-order valence-electron chi connectivity index (χ4n) is 2.97. The SMILES string of the molecule is CSC[C@H](CNCc1c[nH]c2c(O)ncnc12)[C@H]1COC(C)(C)O1. The number of nitrogens with one attached hydrogen (secondary N) is 2. The number of fused-ring (bicyclic) bond motifs is 1. The lowest BCUT2D eigenvalue weighted by atomic mass is 10.1. The van der Waals surface area contributed by atoms with E-state index in [9.17, 15) is 5.11 Å². The van der Waals surface area contributed by atoms with E-state index in [4.69, 9.17) is 9.47 Å². The topological polar surface area (TPSA) is 92.3 Å². The van der Waals surface area contributed by atoms with Gasteiger partial charge < -0.3 is 24.9 Å². The van der Waals surface area contributed by atoms with Crippen molar-refractivity contribution in [3.8, 4) is 5.88 Å². The molecule has 132 valence electrons. The lowest BCUT2D eigenvalue weighted by Crippen LogP contribution is -2.35. The summed E-state index contributed by atoms with van der Waals surface area (Å²) in [4.78, 5) is 11.0. The van der Waals surface area contributed by atoms with E-state index < -0.39 is 5.79 Å². The minimum atomic E-state index is -0.493. The molecule has 3 heterocycles. The maximum absolute atomic E-state index is 9.72. The molecule has 8 heteroatoms. The fourth-order valence-corrected chi connectivity index (χ4v) is 3.73. The molecule has 3 rings (SSSR count). The molecule has 0 unspecified atom stereocenters. The van der Waals surface area contributed by atoms with Crippen LogP contribution in [0.1, 0.15) is 19.4 Å². The van der Waals surface area contributed by atoms with Crippen molar-refractivity contribution >= 4 is 22.8 Å². The first-order chi connectivity index (χ1) is 11.5. The van der Waals surface area contributed by atoms with Crippen molar-refractivity contribution in [3.05, 3.63) is 18.1 Å². The van der Waals surface area contributed by atoms with Crippen molar-refractivity contribution in [3.63, 3.8) is 0 Å². The Hall–Kier alpha value is -1.35. The second-order valence-corrected chi connectivity index (χ2v) is 7.36. The van der Waals surface area contributed by atoms with Gasteiger partial charge >= 0.3 is 0 Å². The van der Waals surface area contributed by atoms with Crippen molar-refractivity contribution < 1.29 is 14.6 Å². The summed E-state index contributed by atoms with van der Waals surface area (Å²) in [5.74, 6) is 0.862. The third-order valence-corrected chi connectivity index (χ3v) is 4.94. The van der Waals surface area contributed by atoms with Crippen LogP contribution in [0, 0.1) is 5.92 Å². The minimum absolute atomic E-state index is 0.0229. The van der Waals surface area contributed by atoms with Gasteiger partial charge in [0.15, 0.2) is 5.79 Å². The number of aromatic nitrogens is 3. The Morgan fingerprint density at radius 2 is 2.33 bits per heavy atom. The van der Waals surface area contributed by atoms with Crippen LogP contribution in [0.4, 0.5) is 0 Å². The average molecular weight is 352 g/mol. The van der Waals surface area contributed by atoms with Crippen molar-refractivity contribution in [2.24, 2.45) is 5.92 Å². The zero-order valence-corrected chi connectivity index (χ0v) is 15.0. The molecule has 1 aliphatic rings. The van der Waals surface area contributed by atoms with E-state index in [1.807, 2.05) is 31.8 Å². The van der Waals surface area contributed by atoms with Gasteiger partial charge in [-0.05, 0) is 25.9 Å². The van der Waals surface area contributed by atoms with Crippen LogP contribution in [0.2, 0.25) is 0 Å². The summed E-state index contributed by atoms with van der Waals surface area (Å²) in [7, 11) is 0. The van der Waals surface area contributed by atoms with Gasteiger partial charge in [-0.3, -0.25) is 0 Å². The summed E-state index contributed by atoms with van der Waals surface area (Å²) < 4.78 is 11.7. The van der Waals surface area contributed by atoms with E-state index in [0.717, 1.165) is 23.4 Å². The molecular formula is C16H24N4O3S. The van der Waals surface area contributed by atoms with Crippen molar-refractivity contribution in [1.29, 1.82) is 0 Å². The van der Waals surface area contributed by atoms with E-state index in [0.29, 0.717) is 24.6 Å². The molecule has 0 bridgehead atoms. The maximum Gasteiger partial charge on any atom is 0.239 e. The lowest BCUT2D eigenvalue weighted by Gasteiger charge is -2.24. The van der Waals surface area contributed by atoms with Gasteiger partial charge in [-0.15, -0.1) is 0 Å². The zero-order chi connectivity index (χ0) is 17.2. The first-order valence-electron chi connectivity index (χ1n) is 8.01. The Balaban J connectivity index is 1.60. The summed E-state index contributed by atoms with van der Waals surface area (Å²) in [6.45, 7) is 6.03. The number of ether oxygens (including phenoxy) is 2. The molecule has 2 atom stereocenters. The van der Waals surface area contributed by atoms with Crippen LogP contribution in [0.25, 0.3) is 11.0 Å². The summed E-state index contributed by atoms with van der Waals surface area (Å²) in [5.41, 5.74) is 2.33. The molecule has 24 heavy (non-hydrogen) atoms. The predicted molar refractivity (Wildman–Crippen MR) is 94.0 cm³/mol. The van der Waals surface area contributed by atoms with Crippen LogP contribution < -0.4 is 5.32 Å². The highest BCUT2D eigenvalue weighted by molar-refractivity contribution is 7.98. The molecule has 0 aromatic carbocycles. The Labute approximate surface area is 145 Å². The summed E-state index contributed by atoms with van der Waals surface area (Å²) in [6.07, 6.45) is 5.44. The largest absolute Gasteiger partial charge is 0.492 e. The highest BCUT2D eigenvalue weighted by atomic mass is 32.2.